The van der Waals surface area contributed by atoms with Crippen molar-refractivity contribution < 1.29 is 4.79 Å². The van der Waals surface area contributed by atoms with Crippen molar-refractivity contribution in [3.8, 4) is 0 Å². The molecule has 1 fully saturated rings. The van der Waals surface area contributed by atoms with Crippen LogP contribution >= 0.6 is 0 Å². The largest absolute Gasteiger partial charge is 0.327 e. The molecule has 0 aliphatic heterocycles. The number of carbonyl (C=O) groups is 1. The maximum absolute atomic E-state index is 12.6. The highest BCUT2D eigenvalue weighted by molar-refractivity contribution is 6.12. The minimum absolute atomic E-state index is 0.0855. The minimum Gasteiger partial charge on any atom is -0.327 e. The molecule has 1 saturated carbocycles. The van der Waals surface area contributed by atoms with Gasteiger partial charge in [0.2, 0.25) is 0 Å². The summed E-state index contributed by atoms with van der Waals surface area (Å²) in [6.07, 6.45) is 1.06. The quantitative estimate of drug-likeness (QED) is 0.771. The molecule has 0 saturated heterocycles. The predicted molar refractivity (Wildman–Crippen MR) is 93.7 cm³/mol. The SMILES string of the molecule is NC1CC1c1ccc(NC(=O)c2cccc3ccccc23)cc1. The van der Waals surface area contributed by atoms with Crippen LogP contribution in [-0.4, -0.2) is 11.9 Å². The molecule has 1 aliphatic rings. The van der Waals surface area contributed by atoms with E-state index >= 15 is 0 Å². The van der Waals surface area contributed by atoms with Gasteiger partial charge in [-0.25, -0.2) is 0 Å². The zero-order valence-electron chi connectivity index (χ0n) is 12.7. The topological polar surface area (TPSA) is 55.1 Å². The van der Waals surface area contributed by atoms with Gasteiger partial charge in [-0.2, -0.15) is 0 Å². The summed E-state index contributed by atoms with van der Waals surface area (Å²) in [4.78, 5) is 12.6. The number of nitrogens with one attached hydrogen (secondary N) is 1. The fourth-order valence-electron chi connectivity index (χ4n) is 3.03. The highest BCUT2D eigenvalue weighted by Crippen LogP contribution is 2.39. The summed E-state index contributed by atoms with van der Waals surface area (Å²) >= 11 is 0. The van der Waals surface area contributed by atoms with E-state index in [0.717, 1.165) is 22.9 Å². The fraction of sp³-hybridized carbons (Fsp3) is 0.150. The van der Waals surface area contributed by atoms with Crippen molar-refractivity contribution in [2.24, 2.45) is 5.73 Å². The normalized spacial score (nSPS) is 19.5. The zero-order valence-corrected chi connectivity index (χ0v) is 12.7. The van der Waals surface area contributed by atoms with Gasteiger partial charge in [-0.05, 0) is 41.0 Å². The van der Waals surface area contributed by atoms with Crippen molar-refractivity contribution in [3.63, 3.8) is 0 Å². The highest BCUT2D eigenvalue weighted by atomic mass is 16.1. The van der Waals surface area contributed by atoms with E-state index in [0.29, 0.717) is 17.5 Å². The Morgan fingerprint density at radius 1 is 0.957 bits per heavy atom. The van der Waals surface area contributed by atoms with Crippen LogP contribution in [0.3, 0.4) is 0 Å². The molecule has 2 atom stereocenters. The maximum atomic E-state index is 12.6. The van der Waals surface area contributed by atoms with Crippen LogP contribution < -0.4 is 11.1 Å². The van der Waals surface area contributed by atoms with E-state index in [2.05, 4.69) is 17.4 Å². The van der Waals surface area contributed by atoms with E-state index < -0.39 is 0 Å². The van der Waals surface area contributed by atoms with Crippen LogP contribution in [0.5, 0.6) is 0 Å². The third-order valence-corrected chi connectivity index (χ3v) is 4.47. The molecule has 1 aliphatic carbocycles. The highest BCUT2D eigenvalue weighted by Gasteiger charge is 2.34. The first-order valence-electron chi connectivity index (χ1n) is 7.87. The Balaban J connectivity index is 1.57. The Hall–Kier alpha value is -2.65. The lowest BCUT2D eigenvalue weighted by molar-refractivity contribution is 0.102. The summed E-state index contributed by atoms with van der Waals surface area (Å²) in [5.74, 6) is 0.399. The van der Waals surface area contributed by atoms with Gasteiger partial charge in [-0.3, -0.25) is 4.79 Å². The number of nitrogens with two attached hydrogens (primary N) is 1. The molecule has 3 nitrogen and oxygen atoms in total. The number of amides is 1. The number of fused-ring (bicyclic) bond motifs is 1. The Morgan fingerprint density at radius 2 is 1.65 bits per heavy atom. The number of benzene rings is 3. The van der Waals surface area contributed by atoms with E-state index in [9.17, 15) is 4.79 Å². The lowest BCUT2D eigenvalue weighted by Gasteiger charge is -2.09. The molecule has 2 unspecified atom stereocenters. The molecule has 23 heavy (non-hydrogen) atoms. The summed E-state index contributed by atoms with van der Waals surface area (Å²) in [5.41, 5.74) is 8.62. The monoisotopic (exact) mass is 302 g/mol. The second kappa shape index (κ2) is 5.52. The van der Waals surface area contributed by atoms with E-state index in [-0.39, 0.29) is 5.91 Å². The lowest BCUT2D eigenvalue weighted by Crippen LogP contribution is -2.12. The molecule has 114 valence electrons. The summed E-state index contributed by atoms with van der Waals surface area (Å²) in [7, 11) is 0. The average molecular weight is 302 g/mol. The Bertz CT molecular complexity index is 865. The summed E-state index contributed by atoms with van der Waals surface area (Å²) in [6, 6.07) is 22.0. The molecular weight excluding hydrogens is 284 g/mol. The molecule has 0 radical (unpaired) electrons. The first-order chi connectivity index (χ1) is 11.2. The van der Waals surface area contributed by atoms with E-state index in [4.69, 9.17) is 5.73 Å². The van der Waals surface area contributed by atoms with Crippen molar-refractivity contribution in [2.75, 3.05) is 5.32 Å². The number of hydrogen-bond acceptors (Lipinski definition) is 2. The van der Waals surface area contributed by atoms with Crippen LogP contribution in [0.2, 0.25) is 0 Å². The molecule has 1 amide bonds. The predicted octanol–water partition coefficient (Wildman–Crippen LogP) is 3.91. The third-order valence-electron chi connectivity index (χ3n) is 4.47. The van der Waals surface area contributed by atoms with Crippen LogP contribution in [0, 0.1) is 0 Å². The Labute approximate surface area is 135 Å². The Kier molecular flexibility index (Phi) is 3.36. The molecule has 0 heterocycles. The van der Waals surface area contributed by atoms with Gasteiger partial charge in [-0.1, -0.05) is 48.5 Å². The standard InChI is InChI=1S/C20H18N2O/c21-19-12-18(19)14-8-10-15(11-9-14)22-20(23)17-7-3-5-13-4-1-2-6-16(13)17/h1-11,18-19H,12,21H2,(H,22,23). The van der Waals surface area contributed by atoms with Gasteiger partial charge in [-0.15, -0.1) is 0 Å². The van der Waals surface area contributed by atoms with Gasteiger partial charge < -0.3 is 11.1 Å². The van der Waals surface area contributed by atoms with Crippen LogP contribution in [0.15, 0.2) is 66.7 Å². The van der Waals surface area contributed by atoms with Crippen molar-refractivity contribution >= 4 is 22.4 Å². The van der Waals surface area contributed by atoms with Gasteiger partial charge >= 0.3 is 0 Å². The van der Waals surface area contributed by atoms with Crippen molar-refractivity contribution in [3.05, 3.63) is 77.9 Å². The second-order valence-electron chi connectivity index (χ2n) is 6.11. The molecule has 3 aromatic rings. The lowest BCUT2D eigenvalue weighted by atomic mass is 10.0. The zero-order chi connectivity index (χ0) is 15.8. The van der Waals surface area contributed by atoms with Gasteiger partial charge in [0.05, 0.1) is 0 Å². The van der Waals surface area contributed by atoms with E-state index in [1.165, 1.54) is 5.56 Å². The molecule has 0 bridgehead atoms. The van der Waals surface area contributed by atoms with Gasteiger partial charge in [0, 0.05) is 23.2 Å². The third kappa shape index (κ3) is 2.71. The van der Waals surface area contributed by atoms with Crippen molar-refractivity contribution in [1.29, 1.82) is 0 Å². The molecular formula is C20H18N2O. The first kappa shape index (κ1) is 14.0. The Morgan fingerprint density at radius 3 is 2.39 bits per heavy atom. The van der Waals surface area contributed by atoms with E-state index in [1.807, 2.05) is 54.6 Å². The molecule has 0 aromatic heterocycles. The number of carbonyl (C=O) groups excluding carboxylic acids is 1. The smallest absolute Gasteiger partial charge is 0.256 e. The first-order valence-corrected chi connectivity index (χ1v) is 7.87. The van der Waals surface area contributed by atoms with Gasteiger partial charge in [0.1, 0.15) is 0 Å². The summed E-state index contributed by atoms with van der Waals surface area (Å²) < 4.78 is 0. The van der Waals surface area contributed by atoms with Crippen LogP contribution in [0.4, 0.5) is 5.69 Å². The molecule has 0 spiro atoms. The van der Waals surface area contributed by atoms with Crippen LogP contribution in [0.1, 0.15) is 28.3 Å². The van der Waals surface area contributed by atoms with Gasteiger partial charge in [0.15, 0.2) is 0 Å². The molecule has 3 N–H and O–H groups in total. The summed E-state index contributed by atoms with van der Waals surface area (Å²) in [6.45, 7) is 0. The fourth-order valence-corrected chi connectivity index (χ4v) is 3.03. The average Bonchev–Trinajstić information content (AvgIpc) is 3.32. The number of anilines is 1. The number of rotatable bonds is 3. The second-order valence-corrected chi connectivity index (χ2v) is 6.11. The molecule has 4 rings (SSSR count). The van der Waals surface area contributed by atoms with Gasteiger partial charge in [0.25, 0.3) is 5.91 Å². The molecule has 3 heteroatoms. The van der Waals surface area contributed by atoms with Crippen LogP contribution in [-0.2, 0) is 0 Å². The molecule has 3 aromatic carbocycles. The van der Waals surface area contributed by atoms with Crippen LogP contribution in [0.25, 0.3) is 10.8 Å². The van der Waals surface area contributed by atoms with Crippen molar-refractivity contribution in [2.45, 2.75) is 18.4 Å². The van der Waals surface area contributed by atoms with Crippen molar-refractivity contribution in [1.82, 2.24) is 0 Å². The van der Waals surface area contributed by atoms with E-state index in [1.54, 1.807) is 0 Å². The summed E-state index contributed by atoms with van der Waals surface area (Å²) in [5, 5.41) is 5.01. The minimum atomic E-state index is -0.0855. The number of hydrogen-bond donors (Lipinski definition) is 2. The maximum Gasteiger partial charge on any atom is 0.256 e.